The van der Waals surface area contributed by atoms with Crippen molar-refractivity contribution in [3.05, 3.63) is 70.7 Å². The van der Waals surface area contributed by atoms with Gasteiger partial charge in [0.25, 0.3) is 5.91 Å². The summed E-state index contributed by atoms with van der Waals surface area (Å²) < 4.78 is 10.9. The Labute approximate surface area is 200 Å². The predicted octanol–water partition coefficient (Wildman–Crippen LogP) is 5.55. The van der Waals surface area contributed by atoms with Crippen LogP contribution in [0.1, 0.15) is 22.8 Å². The molecule has 7 nitrogen and oxygen atoms in total. The number of aryl methyl sites for hydroxylation is 1. The van der Waals surface area contributed by atoms with Gasteiger partial charge in [0.2, 0.25) is 5.89 Å². The van der Waals surface area contributed by atoms with Gasteiger partial charge < -0.3 is 19.6 Å². The van der Waals surface area contributed by atoms with Crippen LogP contribution in [0, 0.1) is 0 Å². The first-order valence-corrected chi connectivity index (χ1v) is 10.8. The summed E-state index contributed by atoms with van der Waals surface area (Å²) in [6.07, 6.45) is 0.884. The van der Waals surface area contributed by atoms with Crippen LogP contribution in [-0.4, -0.2) is 28.2 Å². The highest BCUT2D eigenvalue weighted by Crippen LogP contribution is 2.33. The minimum atomic E-state index is -0.429. The van der Waals surface area contributed by atoms with E-state index in [2.05, 4.69) is 22.5 Å². The number of carbonyl (C=O) groups excluding carboxylic acids is 1. The molecule has 0 bridgehead atoms. The lowest BCUT2D eigenvalue weighted by Gasteiger charge is -2.11. The van der Waals surface area contributed by atoms with Crippen molar-refractivity contribution in [2.45, 2.75) is 13.3 Å². The average Bonchev–Trinajstić information content (AvgIpc) is 3.23. The van der Waals surface area contributed by atoms with E-state index in [1.54, 1.807) is 24.3 Å². The van der Waals surface area contributed by atoms with E-state index in [0.29, 0.717) is 38.7 Å². The van der Waals surface area contributed by atoms with E-state index in [4.69, 9.17) is 33.0 Å². The second kappa shape index (κ2) is 9.48. The average molecular weight is 482 g/mol. The standard InChI is InChI=1S/C24H20ClN3O4S/c1-3-13-4-8-21-18(10-13)27-23(32-21)16-12-15(6-7-19(16)29)26-24(33)28-22(30)14-5-9-20(31-2)17(25)11-14/h4-12,29H,3H2,1-2H3,(H2,26,28,30,33). The Bertz CT molecular complexity index is 1370. The number of nitrogens with zero attached hydrogens (tertiary/aromatic N) is 1. The first-order chi connectivity index (χ1) is 15.9. The van der Waals surface area contributed by atoms with Crippen molar-refractivity contribution in [2.24, 2.45) is 0 Å². The van der Waals surface area contributed by atoms with Crippen molar-refractivity contribution in [1.82, 2.24) is 10.3 Å². The summed E-state index contributed by atoms with van der Waals surface area (Å²) in [7, 11) is 1.50. The number of ether oxygens (including phenoxy) is 1. The first-order valence-electron chi connectivity index (χ1n) is 10.1. The molecule has 1 aromatic heterocycles. The van der Waals surface area contributed by atoms with Gasteiger partial charge in [-0.3, -0.25) is 10.1 Å². The Hall–Kier alpha value is -3.62. The third kappa shape index (κ3) is 4.92. The van der Waals surface area contributed by atoms with Gasteiger partial charge >= 0.3 is 0 Å². The predicted molar refractivity (Wildman–Crippen MR) is 132 cm³/mol. The zero-order chi connectivity index (χ0) is 23.5. The first kappa shape index (κ1) is 22.6. The highest BCUT2D eigenvalue weighted by Gasteiger charge is 2.15. The molecule has 0 radical (unpaired) electrons. The van der Waals surface area contributed by atoms with Crippen LogP contribution in [0.2, 0.25) is 5.02 Å². The number of aromatic nitrogens is 1. The molecular formula is C24H20ClN3O4S. The molecule has 3 aromatic carbocycles. The highest BCUT2D eigenvalue weighted by molar-refractivity contribution is 7.80. The lowest BCUT2D eigenvalue weighted by molar-refractivity contribution is 0.0977. The maximum atomic E-state index is 12.5. The van der Waals surface area contributed by atoms with Gasteiger partial charge in [-0.2, -0.15) is 0 Å². The van der Waals surface area contributed by atoms with Crippen molar-refractivity contribution >= 4 is 51.6 Å². The molecule has 0 aliphatic carbocycles. The summed E-state index contributed by atoms with van der Waals surface area (Å²) in [5, 5.41) is 16.3. The maximum Gasteiger partial charge on any atom is 0.257 e. The number of fused-ring (bicyclic) bond motifs is 1. The van der Waals surface area contributed by atoms with Crippen LogP contribution >= 0.6 is 23.8 Å². The van der Waals surface area contributed by atoms with Gasteiger partial charge in [0, 0.05) is 11.3 Å². The van der Waals surface area contributed by atoms with E-state index in [1.807, 2.05) is 18.2 Å². The van der Waals surface area contributed by atoms with Crippen molar-refractivity contribution in [1.29, 1.82) is 0 Å². The summed E-state index contributed by atoms with van der Waals surface area (Å²) in [5.74, 6) is 0.324. The molecule has 168 valence electrons. The SMILES string of the molecule is CCc1ccc2oc(-c3cc(NC(=S)NC(=O)c4ccc(OC)c(Cl)c4)ccc3O)nc2c1. The Kier molecular flexibility index (Phi) is 6.48. The lowest BCUT2D eigenvalue weighted by atomic mass is 10.1. The van der Waals surface area contributed by atoms with Crippen LogP contribution in [0.4, 0.5) is 5.69 Å². The fraction of sp³-hybridized carbons (Fsp3) is 0.125. The zero-order valence-corrected chi connectivity index (χ0v) is 19.4. The molecule has 9 heteroatoms. The molecule has 0 fully saturated rings. The minimum absolute atomic E-state index is 0.00523. The Morgan fingerprint density at radius 3 is 2.73 bits per heavy atom. The number of carbonyl (C=O) groups is 1. The number of hydrogen-bond donors (Lipinski definition) is 3. The number of nitrogens with one attached hydrogen (secondary N) is 2. The Balaban J connectivity index is 1.51. The molecule has 4 rings (SSSR count). The second-order valence-electron chi connectivity index (χ2n) is 7.16. The number of oxazole rings is 1. The smallest absolute Gasteiger partial charge is 0.257 e. The summed E-state index contributed by atoms with van der Waals surface area (Å²) in [4.78, 5) is 17.0. The summed E-state index contributed by atoms with van der Waals surface area (Å²) in [5.41, 5.74) is 3.74. The molecule has 0 spiro atoms. The molecule has 0 atom stereocenters. The number of anilines is 1. The normalized spacial score (nSPS) is 10.8. The van der Waals surface area contributed by atoms with Crippen molar-refractivity contribution in [2.75, 3.05) is 12.4 Å². The molecule has 1 heterocycles. The molecule has 3 N–H and O–H groups in total. The number of phenolic OH excluding ortho intramolecular Hbond substituents is 1. The van der Waals surface area contributed by atoms with Gasteiger partial charge in [-0.05, 0) is 72.7 Å². The number of methoxy groups -OCH3 is 1. The summed E-state index contributed by atoms with van der Waals surface area (Å²) >= 11 is 11.3. The third-order valence-corrected chi connectivity index (χ3v) is 5.49. The molecule has 0 unspecified atom stereocenters. The molecular weight excluding hydrogens is 462 g/mol. The number of halogens is 1. The highest BCUT2D eigenvalue weighted by atomic mass is 35.5. The van der Waals surface area contributed by atoms with Crippen LogP contribution in [0.3, 0.4) is 0 Å². The largest absolute Gasteiger partial charge is 0.507 e. The van der Waals surface area contributed by atoms with E-state index in [1.165, 1.54) is 19.2 Å². The number of aromatic hydroxyl groups is 1. The van der Waals surface area contributed by atoms with Crippen LogP contribution in [0.25, 0.3) is 22.6 Å². The molecule has 0 saturated carbocycles. The second-order valence-corrected chi connectivity index (χ2v) is 7.98. The zero-order valence-electron chi connectivity index (χ0n) is 17.8. The summed E-state index contributed by atoms with van der Waals surface area (Å²) in [6.45, 7) is 2.06. The van der Waals surface area contributed by atoms with E-state index in [9.17, 15) is 9.90 Å². The topological polar surface area (TPSA) is 96.6 Å². The van der Waals surface area contributed by atoms with Gasteiger partial charge in [0.1, 0.15) is 17.0 Å². The molecule has 4 aromatic rings. The van der Waals surface area contributed by atoms with Gasteiger partial charge in [-0.25, -0.2) is 4.98 Å². The van der Waals surface area contributed by atoms with Gasteiger partial charge in [-0.15, -0.1) is 0 Å². The minimum Gasteiger partial charge on any atom is -0.507 e. The number of amides is 1. The Morgan fingerprint density at radius 2 is 2.00 bits per heavy atom. The van der Waals surface area contributed by atoms with Gasteiger partial charge in [0.05, 0.1) is 17.7 Å². The molecule has 0 saturated heterocycles. The van der Waals surface area contributed by atoms with Crippen LogP contribution in [0.5, 0.6) is 11.5 Å². The maximum absolute atomic E-state index is 12.5. The van der Waals surface area contributed by atoms with Gasteiger partial charge in [0.15, 0.2) is 10.7 Å². The van der Waals surface area contributed by atoms with Crippen molar-refractivity contribution in [3.8, 4) is 23.0 Å². The van der Waals surface area contributed by atoms with Gasteiger partial charge in [-0.1, -0.05) is 24.6 Å². The number of hydrogen-bond acceptors (Lipinski definition) is 6. The molecule has 0 aliphatic rings. The van der Waals surface area contributed by atoms with Crippen LogP contribution in [0.15, 0.2) is 59.0 Å². The van der Waals surface area contributed by atoms with E-state index < -0.39 is 5.91 Å². The molecule has 33 heavy (non-hydrogen) atoms. The molecule has 1 amide bonds. The fourth-order valence-electron chi connectivity index (χ4n) is 3.24. The van der Waals surface area contributed by atoms with E-state index in [0.717, 1.165) is 12.0 Å². The number of phenols is 1. The third-order valence-electron chi connectivity index (χ3n) is 4.99. The number of rotatable bonds is 5. The summed E-state index contributed by atoms with van der Waals surface area (Å²) in [6, 6.07) is 15.2. The number of thiocarbonyl (C=S) groups is 1. The van der Waals surface area contributed by atoms with Crippen LogP contribution < -0.4 is 15.4 Å². The monoisotopic (exact) mass is 481 g/mol. The Morgan fingerprint density at radius 1 is 1.18 bits per heavy atom. The molecule has 0 aliphatic heterocycles. The van der Waals surface area contributed by atoms with E-state index in [-0.39, 0.29) is 16.8 Å². The van der Waals surface area contributed by atoms with Crippen LogP contribution in [-0.2, 0) is 6.42 Å². The van der Waals surface area contributed by atoms with Crippen molar-refractivity contribution in [3.63, 3.8) is 0 Å². The van der Waals surface area contributed by atoms with Crippen molar-refractivity contribution < 1.29 is 19.1 Å². The fourth-order valence-corrected chi connectivity index (χ4v) is 3.71. The van der Waals surface area contributed by atoms with E-state index >= 15 is 0 Å². The lowest BCUT2D eigenvalue weighted by Crippen LogP contribution is -2.34. The number of benzene rings is 3. The quantitative estimate of drug-likeness (QED) is 0.254.